The Balaban J connectivity index is 1.39. The maximum Gasteiger partial charge on any atom is 0.230 e. The minimum Gasteiger partial charge on any atom is -0.309 e. The van der Waals surface area contributed by atoms with Crippen molar-refractivity contribution in [1.82, 2.24) is 4.90 Å². The first-order valence-electron chi connectivity index (χ1n) is 10.6. The first kappa shape index (κ1) is 19.5. The monoisotopic (exact) mass is 396 g/mol. The number of halogens is 1. The van der Waals surface area contributed by atoms with Gasteiger partial charge in [-0.3, -0.25) is 4.79 Å². The summed E-state index contributed by atoms with van der Waals surface area (Å²) in [6.07, 6.45) is 6.43. The van der Waals surface area contributed by atoms with Gasteiger partial charge in [-0.1, -0.05) is 48.4 Å². The summed E-state index contributed by atoms with van der Waals surface area (Å²) >= 11 is 6.08. The van der Waals surface area contributed by atoms with Crippen molar-refractivity contribution in [2.45, 2.75) is 44.6 Å². The Hall–Kier alpha value is -1.84. The molecule has 1 amide bonds. The van der Waals surface area contributed by atoms with Gasteiger partial charge in [-0.2, -0.15) is 0 Å². The Morgan fingerprint density at radius 3 is 2.25 bits per heavy atom. The van der Waals surface area contributed by atoms with E-state index in [9.17, 15) is 4.79 Å². The number of likely N-dealkylation sites (tertiary alicyclic amines) is 1. The van der Waals surface area contributed by atoms with Gasteiger partial charge in [-0.05, 0) is 61.9 Å². The average Bonchev–Trinajstić information content (AvgIpc) is 2.68. The summed E-state index contributed by atoms with van der Waals surface area (Å²) in [6.45, 7) is 3.20. The van der Waals surface area contributed by atoms with Crippen LogP contribution in [-0.4, -0.2) is 36.5 Å². The molecule has 0 bridgehead atoms. The highest BCUT2D eigenvalue weighted by Crippen LogP contribution is 2.33. The SMILES string of the molecule is O=C(C1CCC1)N(c1ccc(Cl)cc1)C1CCN(CCc2ccccc2)CC1. The van der Waals surface area contributed by atoms with Gasteiger partial charge in [-0.25, -0.2) is 0 Å². The molecule has 28 heavy (non-hydrogen) atoms. The van der Waals surface area contributed by atoms with Crippen LogP contribution in [0.3, 0.4) is 0 Å². The van der Waals surface area contributed by atoms with E-state index in [-0.39, 0.29) is 5.92 Å². The molecule has 1 heterocycles. The lowest BCUT2D eigenvalue weighted by Crippen LogP contribution is -2.50. The first-order chi connectivity index (χ1) is 13.7. The van der Waals surface area contributed by atoms with Crippen LogP contribution in [0.2, 0.25) is 5.02 Å². The molecule has 2 aromatic rings. The highest BCUT2D eigenvalue weighted by molar-refractivity contribution is 6.30. The molecule has 0 aromatic heterocycles. The number of hydrogen-bond donors (Lipinski definition) is 0. The summed E-state index contributed by atoms with van der Waals surface area (Å²) in [5, 5.41) is 0.718. The quantitative estimate of drug-likeness (QED) is 0.671. The fourth-order valence-corrected chi connectivity index (χ4v) is 4.43. The van der Waals surface area contributed by atoms with Crippen molar-refractivity contribution in [3.8, 4) is 0 Å². The molecule has 0 atom stereocenters. The molecule has 148 valence electrons. The molecule has 3 nitrogen and oxygen atoms in total. The number of rotatable bonds is 6. The molecule has 2 aliphatic rings. The van der Waals surface area contributed by atoms with Crippen LogP contribution in [0.25, 0.3) is 0 Å². The molecule has 1 aliphatic carbocycles. The molecule has 2 aromatic carbocycles. The van der Waals surface area contributed by atoms with Crippen molar-refractivity contribution >= 4 is 23.2 Å². The summed E-state index contributed by atoms with van der Waals surface area (Å²) in [4.78, 5) is 17.8. The summed E-state index contributed by atoms with van der Waals surface area (Å²) in [7, 11) is 0. The Morgan fingerprint density at radius 2 is 1.64 bits per heavy atom. The molecule has 1 saturated heterocycles. The Bertz CT molecular complexity index is 765. The minimum atomic E-state index is 0.215. The zero-order chi connectivity index (χ0) is 19.3. The lowest BCUT2D eigenvalue weighted by Gasteiger charge is -2.41. The molecule has 2 fully saturated rings. The number of nitrogens with zero attached hydrogens (tertiary/aromatic N) is 2. The van der Waals surface area contributed by atoms with Gasteiger partial charge in [0.2, 0.25) is 5.91 Å². The molecule has 4 rings (SSSR count). The highest BCUT2D eigenvalue weighted by Gasteiger charge is 2.35. The molecule has 0 N–H and O–H groups in total. The van der Waals surface area contributed by atoms with E-state index in [2.05, 4.69) is 40.1 Å². The predicted octanol–water partition coefficient (Wildman–Crippen LogP) is 5.18. The van der Waals surface area contributed by atoms with E-state index in [4.69, 9.17) is 11.6 Å². The third-order valence-electron chi connectivity index (χ3n) is 6.28. The minimum absolute atomic E-state index is 0.215. The van der Waals surface area contributed by atoms with Gasteiger partial charge in [-0.15, -0.1) is 0 Å². The smallest absolute Gasteiger partial charge is 0.230 e. The molecule has 4 heteroatoms. The van der Waals surface area contributed by atoms with Crippen molar-refractivity contribution in [3.05, 3.63) is 65.2 Å². The van der Waals surface area contributed by atoms with Gasteiger partial charge in [0, 0.05) is 42.3 Å². The maximum atomic E-state index is 13.2. The number of carbonyl (C=O) groups is 1. The van der Waals surface area contributed by atoms with E-state index in [1.165, 1.54) is 12.0 Å². The second-order valence-corrected chi connectivity index (χ2v) is 8.56. The van der Waals surface area contributed by atoms with E-state index in [1.54, 1.807) is 0 Å². The Labute approximate surface area is 173 Å². The fourth-order valence-electron chi connectivity index (χ4n) is 4.30. The number of anilines is 1. The number of carbonyl (C=O) groups excluding carboxylic acids is 1. The van der Waals surface area contributed by atoms with E-state index >= 15 is 0 Å². The van der Waals surface area contributed by atoms with Crippen molar-refractivity contribution < 1.29 is 4.79 Å². The van der Waals surface area contributed by atoms with Crippen LogP contribution in [0.1, 0.15) is 37.7 Å². The summed E-state index contributed by atoms with van der Waals surface area (Å²) in [5.41, 5.74) is 2.40. The van der Waals surface area contributed by atoms with Crippen LogP contribution in [-0.2, 0) is 11.2 Å². The molecule has 1 saturated carbocycles. The van der Waals surface area contributed by atoms with Crippen molar-refractivity contribution in [2.75, 3.05) is 24.5 Å². The fraction of sp³-hybridized carbons (Fsp3) is 0.458. The standard InChI is InChI=1S/C24H29ClN2O/c25-21-9-11-22(12-10-21)27(24(28)20-7-4-8-20)23-14-17-26(18-15-23)16-13-19-5-2-1-3-6-19/h1-3,5-6,9-12,20,23H,4,7-8,13-18H2. The summed E-state index contributed by atoms with van der Waals surface area (Å²) < 4.78 is 0. The molecule has 0 radical (unpaired) electrons. The average molecular weight is 397 g/mol. The highest BCUT2D eigenvalue weighted by atomic mass is 35.5. The lowest BCUT2D eigenvalue weighted by molar-refractivity contribution is -0.125. The number of benzene rings is 2. The van der Waals surface area contributed by atoms with E-state index < -0.39 is 0 Å². The van der Waals surface area contributed by atoms with Gasteiger partial charge in [0.15, 0.2) is 0 Å². The number of piperidine rings is 1. The zero-order valence-corrected chi connectivity index (χ0v) is 17.2. The summed E-state index contributed by atoms with van der Waals surface area (Å²) in [5.74, 6) is 0.531. The van der Waals surface area contributed by atoms with Gasteiger partial charge in [0.05, 0.1) is 0 Å². The van der Waals surface area contributed by atoms with Crippen molar-refractivity contribution in [1.29, 1.82) is 0 Å². The van der Waals surface area contributed by atoms with Crippen LogP contribution in [0.15, 0.2) is 54.6 Å². The number of amides is 1. The predicted molar refractivity (Wildman–Crippen MR) is 116 cm³/mol. The zero-order valence-electron chi connectivity index (χ0n) is 16.4. The van der Waals surface area contributed by atoms with Crippen LogP contribution in [0.5, 0.6) is 0 Å². The molecular formula is C24H29ClN2O. The van der Waals surface area contributed by atoms with Crippen molar-refractivity contribution in [2.24, 2.45) is 5.92 Å². The van der Waals surface area contributed by atoms with E-state index in [1.807, 2.05) is 24.3 Å². The van der Waals surface area contributed by atoms with Crippen molar-refractivity contribution in [3.63, 3.8) is 0 Å². The lowest BCUT2D eigenvalue weighted by atomic mass is 9.83. The molecule has 0 unspecified atom stereocenters. The third-order valence-corrected chi connectivity index (χ3v) is 6.53. The largest absolute Gasteiger partial charge is 0.309 e. The van der Waals surface area contributed by atoms with Crippen LogP contribution in [0, 0.1) is 5.92 Å². The van der Waals surface area contributed by atoms with Gasteiger partial charge < -0.3 is 9.80 Å². The number of hydrogen-bond acceptors (Lipinski definition) is 2. The molecule has 1 aliphatic heterocycles. The first-order valence-corrected chi connectivity index (χ1v) is 10.9. The second kappa shape index (κ2) is 9.11. The van der Waals surface area contributed by atoms with Crippen LogP contribution in [0.4, 0.5) is 5.69 Å². The normalized spacial score (nSPS) is 18.6. The molecule has 0 spiro atoms. The van der Waals surface area contributed by atoms with E-state index in [0.29, 0.717) is 11.9 Å². The van der Waals surface area contributed by atoms with Gasteiger partial charge in [0.1, 0.15) is 0 Å². The second-order valence-electron chi connectivity index (χ2n) is 8.12. The third kappa shape index (κ3) is 4.59. The molecular weight excluding hydrogens is 368 g/mol. The Morgan fingerprint density at radius 1 is 0.964 bits per heavy atom. The van der Waals surface area contributed by atoms with Gasteiger partial charge >= 0.3 is 0 Å². The maximum absolute atomic E-state index is 13.2. The summed E-state index contributed by atoms with van der Waals surface area (Å²) in [6, 6.07) is 18.8. The Kier molecular flexibility index (Phi) is 6.33. The van der Waals surface area contributed by atoms with Gasteiger partial charge in [0.25, 0.3) is 0 Å². The topological polar surface area (TPSA) is 23.6 Å². The van der Waals surface area contributed by atoms with E-state index in [0.717, 1.165) is 62.4 Å². The van der Waals surface area contributed by atoms with Crippen LogP contribution >= 0.6 is 11.6 Å². The van der Waals surface area contributed by atoms with Crippen LogP contribution < -0.4 is 4.90 Å².